The molecule has 96 valence electrons. The van der Waals surface area contributed by atoms with Gasteiger partial charge in [-0.05, 0) is 0 Å². The van der Waals surface area contributed by atoms with Gasteiger partial charge >= 0.3 is 119 Å². The van der Waals surface area contributed by atoms with Gasteiger partial charge in [-0.1, -0.05) is 0 Å². The summed E-state index contributed by atoms with van der Waals surface area (Å²) < 4.78 is 7.58. The van der Waals surface area contributed by atoms with Crippen LogP contribution in [0.5, 0.6) is 5.75 Å². The fourth-order valence-corrected chi connectivity index (χ4v) is 3.75. The molecule has 0 unspecified atom stereocenters. The van der Waals surface area contributed by atoms with E-state index in [9.17, 15) is 0 Å². The number of hydrogen-bond donors (Lipinski definition) is 1. The van der Waals surface area contributed by atoms with Crippen molar-refractivity contribution in [3.63, 3.8) is 0 Å². The van der Waals surface area contributed by atoms with Crippen LogP contribution in [0.25, 0.3) is 0 Å². The first-order valence-electron chi connectivity index (χ1n) is 5.80. The monoisotopic (exact) mass is 318 g/mol. The number of nitrogens with one attached hydrogen (secondary N) is 1. The van der Waals surface area contributed by atoms with Crippen LogP contribution < -0.4 is 19.0 Å². The van der Waals surface area contributed by atoms with E-state index in [0.29, 0.717) is 0 Å². The van der Waals surface area contributed by atoms with E-state index in [1.807, 2.05) is 30.5 Å². The number of nitriles is 1. The Bertz CT molecular complexity index is 603. The molecule has 0 saturated carbocycles. The van der Waals surface area contributed by atoms with E-state index < -0.39 is 0 Å². The molecule has 4 heteroatoms. The molecule has 2 aromatic carbocycles. The van der Waals surface area contributed by atoms with Gasteiger partial charge in [0.15, 0.2) is 0 Å². The summed E-state index contributed by atoms with van der Waals surface area (Å²) in [5, 5.41) is 11.5. The Morgan fingerprint density at radius 1 is 1.16 bits per heavy atom. The molecule has 19 heavy (non-hydrogen) atoms. The van der Waals surface area contributed by atoms with Gasteiger partial charge in [0.2, 0.25) is 0 Å². The molecule has 0 aliphatic rings. The standard InChI is InChI=1S/C15H14N2OSe/c1-11-3-8-14(17-10-16)15(9-11)19-13-6-4-12(18-2)5-7-13/h3-9,17H,1-2H3. The van der Waals surface area contributed by atoms with Gasteiger partial charge in [0.25, 0.3) is 0 Å². The molecular weight excluding hydrogens is 303 g/mol. The van der Waals surface area contributed by atoms with E-state index >= 15 is 0 Å². The summed E-state index contributed by atoms with van der Waals surface area (Å²) in [6, 6.07) is 14.2. The van der Waals surface area contributed by atoms with Gasteiger partial charge in [-0.15, -0.1) is 0 Å². The van der Waals surface area contributed by atoms with E-state index in [1.54, 1.807) is 7.11 Å². The zero-order valence-corrected chi connectivity index (χ0v) is 12.5. The Morgan fingerprint density at radius 2 is 1.89 bits per heavy atom. The quantitative estimate of drug-likeness (QED) is 0.529. The van der Waals surface area contributed by atoms with Crippen molar-refractivity contribution >= 4 is 29.6 Å². The maximum absolute atomic E-state index is 8.78. The van der Waals surface area contributed by atoms with Crippen molar-refractivity contribution in [1.29, 1.82) is 5.26 Å². The van der Waals surface area contributed by atoms with E-state index in [4.69, 9.17) is 10.00 Å². The molecule has 1 N–H and O–H groups in total. The summed E-state index contributed by atoms with van der Waals surface area (Å²) in [5.74, 6) is 0.860. The summed E-state index contributed by atoms with van der Waals surface area (Å²) in [7, 11) is 1.66. The van der Waals surface area contributed by atoms with E-state index in [-0.39, 0.29) is 15.0 Å². The van der Waals surface area contributed by atoms with E-state index in [0.717, 1.165) is 11.4 Å². The zero-order valence-electron chi connectivity index (χ0n) is 10.8. The molecule has 0 fully saturated rings. The van der Waals surface area contributed by atoms with Crippen LogP contribution in [0, 0.1) is 18.4 Å². The fourth-order valence-electron chi connectivity index (χ4n) is 1.65. The van der Waals surface area contributed by atoms with Crippen LogP contribution in [0.1, 0.15) is 5.56 Å². The molecular formula is C15H14N2OSe. The van der Waals surface area contributed by atoms with E-state index in [1.165, 1.54) is 14.5 Å². The van der Waals surface area contributed by atoms with Gasteiger partial charge in [0.1, 0.15) is 0 Å². The van der Waals surface area contributed by atoms with Crippen molar-refractivity contribution in [2.24, 2.45) is 0 Å². The molecule has 0 radical (unpaired) electrons. The predicted octanol–water partition coefficient (Wildman–Crippen LogP) is 1.55. The topological polar surface area (TPSA) is 45.0 Å². The van der Waals surface area contributed by atoms with E-state index in [2.05, 4.69) is 30.4 Å². The summed E-state index contributed by atoms with van der Waals surface area (Å²) >= 11 is 0.164. The van der Waals surface area contributed by atoms with Crippen LogP contribution in [-0.2, 0) is 0 Å². The van der Waals surface area contributed by atoms with Crippen LogP contribution in [-0.4, -0.2) is 22.1 Å². The molecule has 0 atom stereocenters. The second-order valence-electron chi connectivity index (χ2n) is 4.01. The number of ether oxygens (including phenoxy) is 1. The molecule has 0 amide bonds. The minimum atomic E-state index is 0.164. The Labute approximate surface area is 119 Å². The molecule has 0 saturated heterocycles. The normalized spacial score (nSPS) is 9.74. The molecule has 0 aliphatic carbocycles. The molecule has 0 bridgehead atoms. The average Bonchev–Trinajstić information content (AvgIpc) is 2.43. The minimum absolute atomic E-state index is 0.164. The number of anilines is 1. The third kappa shape index (κ3) is 3.51. The van der Waals surface area contributed by atoms with Crippen molar-refractivity contribution < 1.29 is 4.74 Å². The first-order valence-corrected chi connectivity index (χ1v) is 7.52. The summed E-state index contributed by atoms with van der Waals surface area (Å²) in [4.78, 5) is 0. The number of rotatable bonds is 4. The van der Waals surface area contributed by atoms with Gasteiger partial charge in [-0.3, -0.25) is 0 Å². The van der Waals surface area contributed by atoms with Crippen LogP contribution in [0.4, 0.5) is 5.69 Å². The number of hydrogen-bond acceptors (Lipinski definition) is 3. The zero-order chi connectivity index (χ0) is 13.7. The molecule has 0 aromatic heterocycles. The average molecular weight is 317 g/mol. The molecule has 0 heterocycles. The summed E-state index contributed by atoms with van der Waals surface area (Å²) in [5.41, 5.74) is 2.10. The van der Waals surface area contributed by atoms with Gasteiger partial charge < -0.3 is 0 Å². The number of nitrogens with zero attached hydrogens (tertiary/aromatic N) is 1. The summed E-state index contributed by atoms with van der Waals surface area (Å²) in [6.07, 6.45) is 1.99. The van der Waals surface area contributed by atoms with Crippen molar-refractivity contribution in [2.45, 2.75) is 6.92 Å². The van der Waals surface area contributed by atoms with Crippen LogP contribution in [0.2, 0.25) is 0 Å². The number of aryl methyl sites for hydroxylation is 1. The summed E-state index contributed by atoms with van der Waals surface area (Å²) in [6.45, 7) is 2.06. The second kappa shape index (κ2) is 6.28. The number of benzene rings is 2. The van der Waals surface area contributed by atoms with Crippen LogP contribution >= 0.6 is 0 Å². The fraction of sp³-hybridized carbons (Fsp3) is 0.133. The Balaban J connectivity index is 2.26. The first-order chi connectivity index (χ1) is 9.22. The van der Waals surface area contributed by atoms with Gasteiger partial charge in [0, 0.05) is 0 Å². The third-order valence-electron chi connectivity index (χ3n) is 2.61. The van der Waals surface area contributed by atoms with Crippen molar-refractivity contribution in [3.05, 3.63) is 48.0 Å². The van der Waals surface area contributed by atoms with Gasteiger partial charge in [0.05, 0.1) is 0 Å². The Morgan fingerprint density at radius 3 is 2.53 bits per heavy atom. The number of methoxy groups -OCH3 is 1. The van der Waals surface area contributed by atoms with Crippen molar-refractivity contribution in [1.82, 2.24) is 0 Å². The van der Waals surface area contributed by atoms with Gasteiger partial charge in [-0.2, -0.15) is 0 Å². The molecule has 0 aliphatic heterocycles. The second-order valence-corrected chi connectivity index (χ2v) is 6.35. The SMILES string of the molecule is COc1ccc([Se]c2cc(C)ccc2NC#N)cc1. The Kier molecular flexibility index (Phi) is 4.46. The first kappa shape index (κ1) is 13.5. The van der Waals surface area contributed by atoms with Crippen LogP contribution in [0.15, 0.2) is 42.5 Å². The van der Waals surface area contributed by atoms with Crippen molar-refractivity contribution in [3.8, 4) is 11.9 Å². The molecule has 0 spiro atoms. The molecule has 2 aromatic rings. The third-order valence-corrected chi connectivity index (χ3v) is 4.85. The Hall–Kier alpha value is -1.95. The maximum atomic E-state index is 8.78. The van der Waals surface area contributed by atoms with Crippen LogP contribution in [0.3, 0.4) is 0 Å². The molecule has 2 rings (SSSR count). The molecule has 3 nitrogen and oxygen atoms in total. The predicted molar refractivity (Wildman–Crippen MR) is 78.4 cm³/mol. The van der Waals surface area contributed by atoms with Gasteiger partial charge in [-0.25, -0.2) is 0 Å². The van der Waals surface area contributed by atoms with Crippen molar-refractivity contribution in [2.75, 3.05) is 12.4 Å².